The van der Waals surface area contributed by atoms with Gasteiger partial charge in [0.05, 0.1) is 6.61 Å². The van der Waals surface area contributed by atoms with Gasteiger partial charge in [0.15, 0.2) is 0 Å². The lowest BCUT2D eigenvalue weighted by Gasteiger charge is -2.16. The average molecular weight is 217 g/mol. The van der Waals surface area contributed by atoms with Crippen LogP contribution in [0.4, 0.5) is 0 Å². The molecule has 90 valence electrons. The molecule has 0 aliphatic carbocycles. The van der Waals surface area contributed by atoms with E-state index in [9.17, 15) is 4.79 Å². The SMILES string of the molecule is CCCC(CCC)COC(=O)C(C)NO. The first kappa shape index (κ1) is 14.4. The van der Waals surface area contributed by atoms with Crippen molar-refractivity contribution in [3.05, 3.63) is 0 Å². The van der Waals surface area contributed by atoms with E-state index in [-0.39, 0.29) is 0 Å². The van der Waals surface area contributed by atoms with Gasteiger partial charge in [0.1, 0.15) is 6.04 Å². The largest absolute Gasteiger partial charge is 0.464 e. The molecule has 1 atom stereocenters. The molecule has 0 aromatic heterocycles. The van der Waals surface area contributed by atoms with Gasteiger partial charge in [0, 0.05) is 0 Å². The van der Waals surface area contributed by atoms with E-state index in [0.717, 1.165) is 25.7 Å². The molecule has 0 rings (SSSR count). The summed E-state index contributed by atoms with van der Waals surface area (Å²) in [6.07, 6.45) is 4.39. The Morgan fingerprint density at radius 2 is 1.87 bits per heavy atom. The quantitative estimate of drug-likeness (QED) is 0.483. The average Bonchev–Trinajstić information content (AvgIpc) is 2.25. The summed E-state index contributed by atoms with van der Waals surface area (Å²) >= 11 is 0. The molecule has 4 nitrogen and oxygen atoms in total. The van der Waals surface area contributed by atoms with Crippen molar-refractivity contribution in [2.45, 2.75) is 52.5 Å². The number of rotatable bonds is 8. The lowest BCUT2D eigenvalue weighted by molar-refractivity contribution is -0.149. The van der Waals surface area contributed by atoms with E-state index in [4.69, 9.17) is 9.94 Å². The molecular weight excluding hydrogens is 194 g/mol. The number of hydrogen-bond donors (Lipinski definition) is 2. The van der Waals surface area contributed by atoms with Crippen LogP contribution >= 0.6 is 0 Å². The summed E-state index contributed by atoms with van der Waals surface area (Å²) < 4.78 is 5.10. The molecule has 0 heterocycles. The number of esters is 1. The Labute approximate surface area is 92.0 Å². The topological polar surface area (TPSA) is 58.6 Å². The second-order valence-electron chi connectivity index (χ2n) is 3.92. The fourth-order valence-electron chi connectivity index (χ4n) is 1.51. The van der Waals surface area contributed by atoms with Crippen LogP contribution in [0.25, 0.3) is 0 Å². The molecule has 4 heteroatoms. The van der Waals surface area contributed by atoms with Gasteiger partial charge in [-0.25, -0.2) is 0 Å². The van der Waals surface area contributed by atoms with Crippen molar-refractivity contribution in [1.82, 2.24) is 5.48 Å². The molecular formula is C11H23NO3. The van der Waals surface area contributed by atoms with Crippen LogP contribution in [0.15, 0.2) is 0 Å². The molecule has 2 N–H and O–H groups in total. The highest BCUT2D eigenvalue weighted by Crippen LogP contribution is 2.13. The van der Waals surface area contributed by atoms with Gasteiger partial charge < -0.3 is 9.94 Å². The van der Waals surface area contributed by atoms with Crippen LogP contribution in [0.3, 0.4) is 0 Å². The standard InChI is InChI=1S/C11H23NO3/c1-4-6-10(7-5-2)8-15-11(13)9(3)12-14/h9-10,12,14H,4-8H2,1-3H3. The Morgan fingerprint density at radius 3 is 2.27 bits per heavy atom. The van der Waals surface area contributed by atoms with Gasteiger partial charge in [0.2, 0.25) is 0 Å². The number of nitrogens with one attached hydrogen (secondary N) is 1. The summed E-state index contributed by atoms with van der Waals surface area (Å²) in [7, 11) is 0. The molecule has 0 radical (unpaired) electrons. The van der Waals surface area contributed by atoms with Crippen LogP contribution in [0.2, 0.25) is 0 Å². The van der Waals surface area contributed by atoms with Gasteiger partial charge in [-0.3, -0.25) is 4.79 Å². The second kappa shape index (κ2) is 8.68. The van der Waals surface area contributed by atoms with Crippen LogP contribution in [0.1, 0.15) is 46.5 Å². The highest BCUT2D eigenvalue weighted by atomic mass is 16.5. The first-order valence-electron chi connectivity index (χ1n) is 5.71. The van der Waals surface area contributed by atoms with E-state index in [1.165, 1.54) is 0 Å². The number of carbonyl (C=O) groups is 1. The third kappa shape index (κ3) is 6.47. The molecule has 0 saturated heterocycles. The summed E-state index contributed by atoms with van der Waals surface area (Å²) in [5, 5.41) is 8.53. The van der Waals surface area contributed by atoms with Crippen LogP contribution in [-0.4, -0.2) is 23.8 Å². The van der Waals surface area contributed by atoms with E-state index in [1.54, 1.807) is 6.92 Å². The zero-order valence-electron chi connectivity index (χ0n) is 9.95. The summed E-state index contributed by atoms with van der Waals surface area (Å²) in [5.41, 5.74) is 1.88. The van der Waals surface area contributed by atoms with Gasteiger partial charge in [0.25, 0.3) is 0 Å². The minimum atomic E-state index is -0.645. The van der Waals surface area contributed by atoms with E-state index in [0.29, 0.717) is 12.5 Å². The zero-order valence-corrected chi connectivity index (χ0v) is 9.95. The van der Waals surface area contributed by atoms with Gasteiger partial charge >= 0.3 is 5.97 Å². The zero-order chi connectivity index (χ0) is 11.7. The summed E-state index contributed by atoms with van der Waals surface area (Å²) in [4.78, 5) is 11.2. The minimum Gasteiger partial charge on any atom is -0.464 e. The second-order valence-corrected chi connectivity index (χ2v) is 3.92. The van der Waals surface area contributed by atoms with Crippen molar-refractivity contribution >= 4 is 5.97 Å². The predicted octanol–water partition coefficient (Wildman–Crippen LogP) is 2.11. The molecule has 0 aliphatic rings. The van der Waals surface area contributed by atoms with Crippen LogP contribution in [0.5, 0.6) is 0 Å². The first-order valence-corrected chi connectivity index (χ1v) is 5.71. The fraction of sp³-hybridized carbons (Fsp3) is 0.909. The molecule has 0 aromatic rings. The predicted molar refractivity (Wildman–Crippen MR) is 58.6 cm³/mol. The van der Waals surface area contributed by atoms with Gasteiger partial charge in [-0.15, -0.1) is 0 Å². The smallest absolute Gasteiger partial charge is 0.325 e. The number of hydroxylamine groups is 1. The Hall–Kier alpha value is -0.610. The maximum absolute atomic E-state index is 11.2. The number of ether oxygens (including phenoxy) is 1. The Morgan fingerprint density at radius 1 is 1.33 bits per heavy atom. The number of carbonyl (C=O) groups excluding carboxylic acids is 1. The molecule has 1 unspecified atom stereocenters. The van der Waals surface area contributed by atoms with E-state index in [2.05, 4.69) is 13.8 Å². The molecule has 0 aliphatic heterocycles. The van der Waals surface area contributed by atoms with E-state index in [1.807, 2.05) is 5.48 Å². The molecule has 0 bridgehead atoms. The van der Waals surface area contributed by atoms with Gasteiger partial charge in [-0.05, 0) is 25.7 Å². The molecule has 0 fully saturated rings. The lowest BCUT2D eigenvalue weighted by Crippen LogP contribution is -2.33. The van der Waals surface area contributed by atoms with Crippen molar-refractivity contribution in [1.29, 1.82) is 0 Å². The highest BCUT2D eigenvalue weighted by Gasteiger charge is 2.15. The lowest BCUT2D eigenvalue weighted by atomic mass is 9.99. The van der Waals surface area contributed by atoms with E-state index < -0.39 is 12.0 Å². The Bertz CT molecular complexity index is 167. The van der Waals surface area contributed by atoms with Crippen molar-refractivity contribution in [2.75, 3.05) is 6.61 Å². The normalized spacial score (nSPS) is 12.9. The molecule has 0 saturated carbocycles. The first-order chi connectivity index (χ1) is 7.15. The van der Waals surface area contributed by atoms with E-state index >= 15 is 0 Å². The Kier molecular flexibility index (Phi) is 8.33. The maximum atomic E-state index is 11.2. The molecule has 0 spiro atoms. The van der Waals surface area contributed by atoms with Gasteiger partial charge in [-0.2, -0.15) is 5.48 Å². The van der Waals surface area contributed by atoms with Crippen molar-refractivity contribution in [3.8, 4) is 0 Å². The maximum Gasteiger partial charge on any atom is 0.325 e. The summed E-state index contributed by atoms with van der Waals surface area (Å²) in [5.74, 6) is 0.0598. The fourth-order valence-corrected chi connectivity index (χ4v) is 1.51. The third-order valence-electron chi connectivity index (χ3n) is 2.40. The van der Waals surface area contributed by atoms with Crippen molar-refractivity contribution in [3.63, 3.8) is 0 Å². The van der Waals surface area contributed by atoms with Crippen LogP contribution in [-0.2, 0) is 9.53 Å². The van der Waals surface area contributed by atoms with Crippen LogP contribution < -0.4 is 5.48 Å². The number of hydrogen-bond acceptors (Lipinski definition) is 4. The molecule has 0 amide bonds. The molecule has 15 heavy (non-hydrogen) atoms. The van der Waals surface area contributed by atoms with Crippen LogP contribution in [0, 0.1) is 5.92 Å². The molecule has 0 aromatic carbocycles. The van der Waals surface area contributed by atoms with Gasteiger partial charge in [-0.1, -0.05) is 26.7 Å². The van der Waals surface area contributed by atoms with Crippen molar-refractivity contribution < 1.29 is 14.7 Å². The highest BCUT2D eigenvalue weighted by molar-refractivity contribution is 5.74. The summed E-state index contributed by atoms with van der Waals surface area (Å²) in [6.45, 7) is 6.29. The third-order valence-corrected chi connectivity index (χ3v) is 2.40. The minimum absolute atomic E-state index is 0.394. The monoisotopic (exact) mass is 217 g/mol. The summed E-state index contributed by atoms with van der Waals surface area (Å²) in [6, 6.07) is -0.645. The Balaban J connectivity index is 3.82. The van der Waals surface area contributed by atoms with Crippen molar-refractivity contribution in [2.24, 2.45) is 5.92 Å².